The number of rotatable bonds is 3. The van der Waals surface area contributed by atoms with Gasteiger partial charge in [-0.05, 0) is 0 Å². The Morgan fingerprint density at radius 2 is 1.60 bits per heavy atom. The van der Waals surface area contributed by atoms with E-state index in [-0.39, 0.29) is 5.88 Å². The summed E-state index contributed by atoms with van der Waals surface area (Å²) in [7, 11) is 0. The molecule has 1 nitrogen and oxygen atoms in total. The van der Waals surface area contributed by atoms with E-state index in [0.717, 1.165) is 0 Å². The summed E-state index contributed by atoms with van der Waals surface area (Å²) < 4.78 is -3.67. The van der Waals surface area contributed by atoms with Gasteiger partial charge in [0.25, 0.3) is 0 Å². The lowest BCUT2D eigenvalue weighted by molar-refractivity contribution is 0.544. The van der Waals surface area contributed by atoms with E-state index in [1.807, 2.05) is 0 Å². The molecule has 0 saturated carbocycles. The Morgan fingerprint density at radius 1 is 1.20 bits per heavy atom. The van der Waals surface area contributed by atoms with Crippen molar-refractivity contribution >= 4 is 64.3 Å². The first-order valence-corrected chi connectivity index (χ1v) is 4.13. The molecule has 0 N–H and O–H groups in total. The Bertz CT molecular complexity index is 132. The van der Waals surface area contributed by atoms with Crippen molar-refractivity contribution in [2.75, 3.05) is 5.88 Å². The maximum atomic E-state index is 10.0. The highest BCUT2D eigenvalue weighted by Gasteiger charge is 2.47. The van der Waals surface area contributed by atoms with Gasteiger partial charge in [0.05, 0.1) is 5.88 Å². The van der Waals surface area contributed by atoms with Crippen LogP contribution < -0.4 is 0 Å². The van der Waals surface area contributed by atoms with Crippen LogP contribution in [-0.2, 0) is 4.79 Å². The Hall–Kier alpha value is 1.12. The summed E-state index contributed by atoms with van der Waals surface area (Å²) in [5, 5.41) is 0. The van der Waals surface area contributed by atoms with E-state index in [9.17, 15) is 4.79 Å². The van der Waals surface area contributed by atoms with Crippen LogP contribution in [-0.4, -0.2) is 20.8 Å². The molecule has 6 heteroatoms. The van der Waals surface area contributed by atoms with E-state index < -0.39 is 8.67 Å². The number of hydrogen-bond donors (Lipinski definition) is 0. The zero-order valence-electron chi connectivity index (χ0n) is 4.51. The Kier molecular flexibility index (Phi) is 4.09. The molecular weight excluding hydrogens is 241 g/mol. The van der Waals surface area contributed by atoms with Gasteiger partial charge in [-0.25, -0.2) is 0 Å². The van der Waals surface area contributed by atoms with E-state index in [2.05, 4.69) is 0 Å². The lowest BCUT2D eigenvalue weighted by atomic mass is 10.3. The molecule has 59 valence electrons. The van der Waals surface area contributed by atoms with Crippen molar-refractivity contribution in [1.29, 1.82) is 0 Å². The van der Waals surface area contributed by atoms with Crippen molar-refractivity contribution < 1.29 is 4.79 Å². The van der Waals surface area contributed by atoms with Crippen molar-refractivity contribution in [2.45, 2.75) is 8.67 Å². The second-order valence-corrected chi connectivity index (χ2v) is 4.59. The minimum atomic E-state index is -1.97. The quantitative estimate of drug-likeness (QED) is 0.696. The van der Waals surface area contributed by atoms with Crippen molar-refractivity contribution in [3.05, 3.63) is 0 Å². The molecule has 0 atom stereocenters. The van der Waals surface area contributed by atoms with Crippen LogP contribution in [0.5, 0.6) is 0 Å². The van der Waals surface area contributed by atoms with Crippen molar-refractivity contribution in [3.8, 4) is 0 Å². The fourth-order valence-electron chi connectivity index (χ4n) is 0.159. The second kappa shape index (κ2) is 3.68. The Balaban J connectivity index is 4.43. The van der Waals surface area contributed by atoms with Crippen LogP contribution in [0.3, 0.4) is 0 Å². The summed E-state index contributed by atoms with van der Waals surface area (Å²) >= 11 is 26.7. The zero-order valence-corrected chi connectivity index (χ0v) is 8.28. The molecule has 0 aromatic rings. The summed E-state index contributed by atoms with van der Waals surface area (Å²) in [6.07, 6.45) is 1.27. The van der Waals surface area contributed by atoms with Gasteiger partial charge in [-0.3, -0.25) is 4.79 Å². The Labute approximate surface area is 83.5 Å². The standard InChI is InChI=1S/C4H2Cl5O/c5-1-3(6,7)4(8,9)2-10/h1H2. The first-order valence-electron chi connectivity index (χ1n) is 2.08. The van der Waals surface area contributed by atoms with Crippen molar-refractivity contribution in [1.82, 2.24) is 0 Å². The summed E-state index contributed by atoms with van der Waals surface area (Å²) in [5.41, 5.74) is 0. The molecule has 0 rings (SSSR count). The van der Waals surface area contributed by atoms with Crippen LogP contribution in [0.15, 0.2) is 0 Å². The lowest BCUT2D eigenvalue weighted by Crippen LogP contribution is -2.39. The third-order valence-electron chi connectivity index (χ3n) is 0.755. The highest BCUT2D eigenvalue weighted by molar-refractivity contribution is 6.68. The molecule has 0 aliphatic heterocycles. The van der Waals surface area contributed by atoms with E-state index >= 15 is 0 Å². The zero-order chi connectivity index (χ0) is 8.41. The minimum Gasteiger partial charge on any atom is -0.287 e. The number of halogens is 5. The first-order chi connectivity index (χ1) is 4.37. The van der Waals surface area contributed by atoms with E-state index in [0.29, 0.717) is 0 Å². The van der Waals surface area contributed by atoms with Gasteiger partial charge in [0, 0.05) is 0 Å². The van der Waals surface area contributed by atoms with Gasteiger partial charge >= 0.3 is 0 Å². The SMILES string of the molecule is O=[C]C(Cl)(Cl)C(Cl)(Cl)CCl. The van der Waals surface area contributed by atoms with E-state index in [1.54, 1.807) is 0 Å². The van der Waals surface area contributed by atoms with Crippen LogP contribution in [0.4, 0.5) is 0 Å². The van der Waals surface area contributed by atoms with Gasteiger partial charge < -0.3 is 0 Å². The number of hydrogen-bond acceptors (Lipinski definition) is 1. The summed E-state index contributed by atoms with van der Waals surface area (Å²) in [6.45, 7) is 0. The van der Waals surface area contributed by atoms with Gasteiger partial charge in [-0.15, -0.1) is 11.6 Å². The van der Waals surface area contributed by atoms with Crippen LogP contribution in [0.1, 0.15) is 0 Å². The van der Waals surface area contributed by atoms with E-state index in [4.69, 9.17) is 58.0 Å². The first kappa shape index (κ1) is 11.1. The molecule has 0 unspecified atom stereocenters. The van der Waals surface area contributed by atoms with E-state index in [1.165, 1.54) is 6.29 Å². The molecule has 0 fully saturated rings. The lowest BCUT2D eigenvalue weighted by Gasteiger charge is -2.24. The molecule has 0 spiro atoms. The van der Waals surface area contributed by atoms with Crippen LogP contribution in [0.25, 0.3) is 0 Å². The molecule has 0 aromatic heterocycles. The maximum absolute atomic E-state index is 10.0. The van der Waals surface area contributed by atoms with Crippen LogP contribution in [0.2, 0.25) is 0 Å². The molecule has 0 heterocycles. The topological polar surface area (TPSA) is 17.1 Å². The predicted molar refractivity (Wildman–Crippen MR) is 45.3 cm³/mol. The minimum absolute atomic E-state index is 0.252. The molecule has 0 aliphatic rings. The van der Waals surface area contributed by atoms with Crippen LogP contribution >= 0.6 is 58.0 Å². The third kappa shape index (κ3) is 2.31. The van der Waals surface area contributed by atoms with Gasteiger partial charge in [0.2, 0.25) is 10.6 Å². The average Bonchev–Trinajstić information content (AvgIpc) is 1.88. The molecular formula is C4H2Cl5O. The monoisotopic (exact) mass is 241 g/mol. The highest BCUT2D eigenvalue weighted by atomic mass is 35.5. The van der Waals surface area contributed by atoms with Gasteiger partial charge in [0.1, 0.15) is 0 Å². The summed E-state index contributed by atoms with van der Waals surface area (Å²) in [5.74, 6) is -0.252. The Morgan fingerprint density at radius 3 is 1.70 bits per heavy atom. The maximum Gasteiger partial charge on any atom is 0.240 e. The smallest absolute Gasteiger partial charge is 0.240 e. The molecule has 0 bridgehead atoms. The second-order valence-electron chi connectivity index (χ2n) is 1.51. The molecule has 0 aromatic carbocycles. The van der Waals surface area contributed by atoms with Crippen molar-refractivity contribution in [2.24, 2.45) is 0 Å². The fourth-order valence-corrected chi connectivity index (χ4v) is 0.707. The normalized spacial score (nSPS) is 13.3. The van der Waals surface area contributed by atoms with Gasteiger partial charge in [0.15, 0.2) is 4.33 Å². The largest absolute Gasteiger partial charge is 0.287 e. The van der Waals surface area contributed by atoms with Gasteiger partial charge in [-0.2, -0.15) is 0 Å². The van der Waals surface area contributed by atoms with Crippen LogP contribution in [0, 0.1) is 0 Å². The molecule has 1 radical (unpaired) electrons. The van der Waals surface area contributed by atoms with Gasteiger partial charge in [-0.1, -0.05) is 46.4 Å². The molecule has 0 saturated heterocycles. The average molecular weight is 243 g/mol. The highest BCUT2D eigenvalue weighted by Crippen LogP contribution is 2.41. The molecule has 0 aliphatic carbocycles. The summed E-state index contributed by atoms with van der Waals surface area (Å²) in [4.78, 5) is 10.0. The number of carbonyl (C=O) groups excluding carboxylic acids is 1. The third-order valence-corrected chi connectivity index (χ3v) is 3.45. The molecule has 10 heavy (non-hydrogen) atoms. The molecule has 0 amide bonds. The summed E-state index contributed by atoms with van der Waals surface area (Å²) in [6, 6.07) is 0. The fraction of sp³-hybridized carbons (Fsp3) is 0.750. The number of alkyl halides is 5. The van der Waals surface area contributed by atoms with Crippen molar-refractivity contribution in [3.63, 3.8) is 0 Å². The predicted octanol–water partition coefficient (Wildman–Crippen LogP) is 2.68.